The zero-order chi connectivity index (χ0) is 14.6. The van der Waals surface area contributed by atoms with Gasteiger partial charge in [0, 0.05) is 13.1 Å². The van der Waals surface area contributed by atoms with Gasteiger partial charge < -0.3 is 9.73 Å². The summed E-state index contributed by atoms with van der Waals surface area (Å²) >= 11 is 0. The van der Waals surface area contributed by atoms with Gasteiger partial charge in [0.1, 0.15) is 5.76 Å². The zero-order valence-electron chi connectivity index (χ0n) is 12.3. The molecular formula is C14H24N2O3S. The van der Waals surface area contributed by atoms with Crippen LogP contribution in [-0.2, 0) is 16.6 Å². The molecule has 0 amide bonds. The summed E-state index contributed by atoms with van der Waals surface area (Å²) in [6.45, 7) is 6.56. The van der Waals surface area contributed by atoms with Crippen LogP contribution in [0.3, 0.4) is 0 Å². The van der Waals surface area contributed by atoms with Crippen LogP contribution in [-0.4, -0.2) is 32.4 Å². The Morgan fingerprint density at radius 1 is 1.35 bits per heavy atom. The molecule has 1 aromatic rings. The van der Waals surface area contributed by atoms with Gasteiger partial charge in [0.15, 0.2) is 0 Å². The zero-order valence-corrected chi connectivity index (χ0v) is 13.1. The summed E-state index contributed by atoms with van der Waals surface area (Å²) in [4.78, 5) is 0. The van der Waals surface area contributed by atoms with E-state index in [1.807, 2.05) is 13.8 Å². The predicted molar refractivity (Wildman–Crippen MR) is 77.9 cm³/mol. The van der Waals surface area contributed by atoms with Gasteiger partial charge in [0.05, 0.1) is 6.54 Å². The molecule has 1 aliphatic carbocycles. The first-order valence-electron chi connectivity index (χ1n) is 7.37. The highest BCUT2D eigenvalue weighted by atomic mass is 32.2. The van der Waals surface area contributed by atoms with E-state index in [1.165, 1.54) is 0 Å². The van der Waals surface area contributed by atoms with Crippen LogP contribution in [0, 0.1) is 5.92 Å². The molecule has 0 saturated heterocycles. The Morgan fingerprint density at radius 3 is 2.70 bits per heavy atom. The van der Waals surface area contributed by atoms with Crippen molar-refractivity contribution in [1.29, 1.82) is 0 Å². The molecule has 0 aromatic carbocycles. The second kappa shape index (κ2) is 6.74. The average molecular weight is 300 g/mol. The van der Waals surface area contributed by atoms with Crippen molar-refractivity contribution in [1.82, 2.24) is 9.62 Å². The molecule has 5 nitrogen and oxygen atoms in total. The van der Waals surface area contributed by atoms with Gasteiger partial charge in [-0.3, -0.25) is 0 Å². The first-order valence-corrected chi connectivity index (χ1v) is 8.81. The normalized spacial score (nSPS) is 15.9. The highest BCUT2D eigenvalue weighted by molar-refractivity contribution is 7.89. The minimum atomic E-state index is -3.48. The number of sulfonamides is 1. The topological polar surface area (TPSA) is 62.6 Å². The van der Waals surface area contributed by atoms with Crippen molar-refractivity contribution >= 4 is 10.0 Å². The molecule has 2 rings (SSSR count). The fourth-order valence-electron chi connectivity index (χ4n) is 2.11. The molecule has 114 valence electrons. The second-order valence-electron chi connectivity index (χ2n) is 5.31. The van der Waals surface area contributed by atoms with Crippen molar-refractivity contribution in [3.63, 3.8) is 0 Å². The quantitative estimate of drug-likeness (QED) is 0.759. The van der Waals surface area contributed by atoms with E-state index in [9.17, 15) is 8.42 Å². The second-order valence-corrected chi connectivity index (χ2v) is 7.18. The third kappa shape index (κ3) is 3.84. The van der Waals surface area contributed by atoms with Gasteiger partial charge in [-0.25, -0.2) is 8.42 Å². The first kappa shape index (κ1) is 15.5. The molecule has 0 aliphatic heterocycles. The van der Waals surface area contributed by atoms with E-state index < -0.39 is 10.0 Å². The summed E-state index contributed by atoms with van der Waals surface area (Å²) in [5, 5.41) is 3.19. The number of furan rings is 1. The van der Waals surface area contributed by atoms with Gasteiger partial charge >= 0.3 is 0 Å². The molecule has 0 bridgehead atoms. The lowest BCUT2D eigenvalue weighted by Gasteiger charge is -2.19. The maximum absolute atomic E-state index is 12.6. The molecule has 1 heterocycles. The van der Waals surface area contributed by atoms with Crippen molar-refractivity contribution in [2.45, 2.75) is 44.7 Å². The van der Waals surface area contributed by atoms with E-state index in [0.29, 0.717) is 31.3 Å². The molecule has 1 saturated carbocycles. The first-order chi connectivity index (χ1) is 9.57. The van der Waals surface area contributed by atoms with Crippen molar-refractivity contribution in [2.75, 3.05) is 19.6 Å². The van der Waals surface area contributed by atoms with Crippen LogP contribution in [0.15, 0.2) is 21.6 Å². The van der Waals surface area contributed by atoms with Crippen LogP contribution in [0.2, 0.25) is 0 Å². The Labute approximate surface area is 121 Å². The van der Waals surface area contributed by atoms with Crippen LogP contribution in [0.25, 0.3) is 0 Å². The van der Waals surface area contributed by atoms with Crippen molar-refractivity contribution in [3.05, 3.63) is 17.9 Å². The molecule has 0 atom stereocenters. The summed E-state index contributed by atoms with van der Waals surface area (Å²) in [6.07, 6.45) is 3.09. The lowest BCUT2D eigenvalue weighted by Crippen LogP contribution is -2.33. The van der Waals surface area contributed by atoms with Crippen LogP contribution >= 0.6 is 0 Å². The summed E-state index contributed by atoms with van der Waals surface area (Å²) < 4.78 is 32.2. The van der Waals surface area contributed by atoms with Gasteiger partial charge in [-0.15, -0.1) is 0 Å². The minimum Gasteiger partial charge on any atom is -0.447 e. The molecule has 1 fully saturated rings. The van der Waals surface area contributed by atoms with Gasteiger partial charge in [0.25, 0.3) is 10.0 Å². The molecule has 1 N–H and O–H groups in total. The lowest BCUT2D eigenvalue weighted by molar-refractivity contribution is 0.356. The van der Waals surface area contributed by atoms with Crippen LogP contribution in [0.5, 0.6) is 0 Å². The Kier molecular flexibility index (Phi) is 5.23. The lowest BCUT2D eigenvalue weighted by atomic mass is 10.4. The van der Waals surface area contributed by atoms with Gasteiger partial charge in [0.2, 0.25) is 5.09 Å². The number of nitrogens with zero attached hydrogens (tertiary/aromatic N) is 1. The van der Waals surface area contributed by atoms with Gasteiger partial charge in [-0.05, 0) is 43.9 Å². The average Bonchev–Trinajstić information content (AvgIpc) is 3.10. The predicted octanol–water partition coefficient (Wildman–Crippen LogP) is 2.20. The highest BCUT2D eigenvalue weighted by Gasteiger charge is 2.32. The number of rotatable bonds is 9. The summed E-state index contributed by atoms with van der Waals surface area (Å²) in [7, 11) is -3.48. The summed E-state index contributed by atoms with van der Waals surface area (Å²) in [6, 6.07) is 3.30. The largest absolute Gasteiger partial charge is 0.447 e. The third-order valence-electron chi connectivity index (χ3n) is 3.41. The van der Waals surface area contributed by atoms with Crippen molar-refractivity contribution < 1.29 is 12.8 Å². The van der Waals surface area contributed by atoms with E-state index in [1.54, 1.807) is 16.4 Å². The Morgan fingerprint density at radius 2 is 2.10 bits per heavy atom. The fourth-order valence-corrected chi connectivity index (χ4v) is 3.65. The monoisotopic (exact) mass is 300 g/mol. The molecule has 0 spiro atoms. The fraction of sp³-hybridized carbons (Fsp3) is 0.714. The molecule has 1 aromatic heterocycles. The van der Waals surface area contributed by atoms with Gasteiger partial charge in [-0.2, -0.15) is 4.31 Å². The third-order valence-corrected chi connectivity index (χ3v) is 5.15. The standard InChI is InChI=1S/C14H24N2O3S/c1-3-9-16(11-12-5-6-12)20(17,18)14-8-7-13(19-14)10-15-4-2/h7-8,12,15H,3-6,9-11H2,1-2H3. The maximum atomic E-state index is 12.6. The molecular weight excluding hydrogens is 276 g/mol. The van der Waals surface area contributed by atoms with E-state index in [4.69, 9.17) is 4.42 Å². The SMILES string of the molecule is CCCN(CC1CC1)S(=O)(=O)c1ccc(CNCC)o1. The molecule has 20 heavy (non-hydrogen) atoms. The summed E-state index contributed by atoms with van der Waals surface area (Å²) in [5.74, 6) is 1.20. The number of hydrogen-bond donors (Lipinski definition) is 1. The summed E-state index contributed by atoms with van der Waals surface area (Å²) in [5.41, 5.74) is 0. The van der Waals surface area contributed by atoms with Crippen molar-refractivity contribution in [3.8, 4) is 0 Å². The molecule has 1 aliphatic rings. The minimum absolute atomic E-state index is 0.0690. The number of nitrogens with one attached hydrogen (secondary N) is 1. The molecule has 0 radical (unpaired) electrons. The maximum Gasteiger partial charge on any atom is 0.276 e. The van der Waals surface area contributed by atoms with Crippen molar-refractivity contribution in [2.24, 2.45) is 5.92 Å². The smallest absolute Gasteiger partial charge is 0.276 e. The Hall–Kier alpha value is -0.850. The van der Waals surface area contributed by atoms with E-state index in [2.05, 4.69) is 5.32 Å². The Bertz CT molecular complexity index is 520. The van der Waals surface area contributed by atoms with E-state index >= 15 is 0 Å². The van der Waals surface area contributed by atoms with Crippen LogP contribution in [0.1, 0.15) is 38.9 Å². The molecule has 0 unspecified atom stereocenters. The number of hydrogen-bond acceptors (Lipinski definition) is 4. The Balaban J connectivity index is 2.11. The van der Waals surface area contributed by atoms with Crippen LogP contribution < -0.4 is 5.32 Å². The molecule has 6 heteroatoms. The highest BCUT2D eigenvalue weighted by Crippen LogP contribution is 2.32. The van der Waals surface area contributed by atoms with E-state index in [0.717, 1.165) is 25.8 Å². The van der Waals surface area contributed by atoms with Gasteiger partial charge in [-0.1, -0.05) is 13.8 Å². The van der Waals surface area contributed by atoms with Crippen LogP contribution in [0.4, 0.5) is 0 Å². The van der Waals surface area contributed by atoms with E-state index in [-0.39, 0.29) is 5.09 Å².